The van der Waals surface area contributed by atoms with Crippen LogP contribution in [0.2, 0.25) is 0 Å². The summed E-state index contributed by atoms with van der Waals surface area (Å²) in [6.07, 6.45) is 1.76. The second-order valence-corrected chi connectivity index (χ2v) is 6.13. The van der Waals surface area contributed by atoms with E-state index < -0.39 is 0 Å². The number of rotatable bonds is 3. The van der Waals surface area contributed by atoms with E-state index in [9.17, 15) is 0 Å². The average Bonchev–Trinajstić information content (AvgIpc) is 2.88. The summed E-state index contributed by atoms with van der Waals surface area (Å²) in [5, 5.41) is 11.5. The molecule has 0 saturated heterocycles. The van der Waals surface area contributed by atoms with Crippen LogP contribution >= 0.6 is 28.1 Å². The molecule has 1 N–H and O–H groups in total. The predicted octanol–water partition coefficient (Wildman–Crippen LogP) is 4.56. The lowest BCUT2D eigenvalue weighted by molar-refractivity contribution is 0.871. The maximum atomic E-state index is 5.27. The number of aromatic amines is 1. The van der Waals surface area contributed by atoms with E-state index in [4.69, 9.17) is 12.2 Å². The van der Waals surface area contributed by atoms with Crippen molar-refractivity contribution >= 4 is 34.4 Å². The number of H-pyrrole nitrogens is 1. The van der Waals surface area contributed by atoms with Crippen molar-refractivity contribution < 1.29 is 0 Å². The van der Waals surface area contributed by atoms with Gasteiger partial charge in [-0.1, -0.05) is 51.8 Å². The van der Waals surface area contributed by atoms with Gasteiger partial charge in [0.05, 0.1) is 6.21 Å². The molecule has 3 rings (SSSR count). The zero-order valence-electron chi connectivity index (χ0n) is 11.8. The molecular weight excluding hydrogens is 360 g/mol. The Labute approximate surface area is 141 Å². The Morgan fingerprint density at radius 2 is 2.00 bits per heavy atom. The fourth-order valence-electron chi connectivity index (χ4n) is 2.04. The van der Waals surface area contributed by atoms with Crippen molar-refractivity contribution in [2.45, 2.75) is 6.92 Å². The third-order valence-corrected chi connectivity index (χ3v) is 3.91. The molecule has 0 atom stereocenters. The molecule has 1 heterocycles. The molecule has 3 aromatic rings. The highest BCUT2D eigenvalue weighted by Gasteiger charge is 2.07. The van der Waals surface area contributed by atoms with Gasteiger partial charge in [0.25, 0.3) is 0 Å². The highest BCUT2D eigenvalue weighted by molar-refractivity contribution is 9.10. The van der Waals surface area contributed by atoms with E-state index in [1.165, 1.54) is 0 Å². The van der Waals surface area contributed by atoms with Crippen LogP contribution in [0.15, 0.2) is 58.1 Å². The molecule has 0 aliphatic heterocycles. The van der Waals surface area contributed by atoms with Crippen LogP contribution in [0, 0.1) is 11.7 Å². The molecule has 0 fully saturated rings. The number of nitrogens with one attached hydrogen (secondary N) is 1. The van der Waals surface area contributed by atoms with Crippen LogP contribution in [0.3, 0.4) is 0 Å². The Morgan fingerprint density at radius 3 is 2.73 bits per heavy atom. The number of benzene rings is 2. The molecule has 0 radical (unpaired) electrons. The number of aryl methyl sites for hydroxylation is 1. The van der Waals surface area contributed by atoms with E-state index in [1.54, 1.807) is 10.9 Å². The van der Waals surface area contributed by atoms with Crippen LogP contribution in [0.1, 0.15) is 11.1 Å². The first-order valence-corrected chi connectivity index (χ1v) is 7.88. The van der Waals surface area contributed by atoms with E-state index in [0.29, 0.717) is 10.6 Å². The molecular formula is C16H13BrN4S. The first-order valence-electron chi connectivity index (χ1n) is 6.68. The molecule has 2 aromatic carbocycles. The van der Waals surface area contributed by atoms with Gasteiger partial charge < -0.3 is 0 Å². The largest absolute Gasteiger partial charge is 0.250 e. The van der Waals surface area contributed by atoms with Gasteiger partial charge in [-0.3, -0.25) is 0 Å². The molecule has 4 nitrogen and oxygen atoms in total. The van der Waals surface area contributed by atoms with Gasteiger partial charge in [0, 0.05) is 10.0 Å². The Bertz CT molecular complexity index is 878. The Morgan fingerprint density at radius 1 is 1.23 bits per heavy atom. The molecule has 1 aromatic heterocycles. The van der Waals surface area contributed by atoms with Crippen molar-refractivity contribution in [1.82, 2.24) is 14.9 Å². The highest BCUT2D eigenvalue weighted by atomic mass is 79.9. The second-order valence-electron chi connectivity index (χ2n) is 4.83. The van der Waals surface area contributed by atoms with Crippen molar-refractivity contribution in [2.24, 2.45) is 5.10 Å². The summed E-state index contributed by atoms with van der Waals surface area (Å²) >= 11 is 8.68. The summed E-state index contributed by atoms with van der Waals surface area (Å²) in [4.78, 5) is 0. The van der Waals surface area contributed by atoms with Crippen LogP contribution in [-0.2, 0) is 0 Å². The Balaban J connectivity index is 1.99. The minimum Gasteiger partial charge on any atom is -0.250 e. The Hall–Kier alpha value is -2.05. The lowest BCUT2D eigenvalue weighted by Gasteiger charge is -2.02. The minimum atomic E-state index is 0.463. The fourth-order valence-corrected chi connectivity index (χ4v) is 2.49. The number of hydrogen-bond acceptors (Lipinski definition) is 3. The first-order chi connectivity index (χ1) is 10.6. The SMILES string of the molecule is Cc1cccc(-c2n[nH]c(=S)n2N=Cc2ccc(Br)cc2)c1. The number of halogens is 1. The van der Waals surface area contributed by atoms with Crippen molar-refractivity contribution in [3.05, 3.63) is 68.9 Å². The summed E-state index contributed by atoms with van der Waals surface area (Å²) in [5.41, 5.74) is 3.12. The van der Waals surface area contributed by atoms with Crippen LogP contribution in [-0.4, -0.2) is 21.1 Å². The topological polar surface area (TPSA) is 46.0 Å². The summed E-state index contributed by atoms with van der Waals surface area (Å²) in [6.45, 7) is 2.04. The third-order valence-electron chi connectivity index (χ3n) is 3.12. The molecule has 0 aliphatic rings. The zero-order chi connectivity index (χ0) is 15.5. The van der Waals surface area contributed by atoms with Crippen LogP contribution < -0.4 is 0 Å². The van der Waals surface area contributed by atoms with Gasteiger partial charge in [0.1, 0.15) is 0 Å². The minimum absolute atomic E-state index is 0.463. The van der Waals surface area contributed by atoms with Crippen molar-refractivity contribution in [2.75, 3.05) is 0 Å². The van der Waals surface area contributed by atoms with Gasteiger partial charge in [-0.2, -0.15) is 14.9 Å². The monoisotopic (exact) mass is 372 g/mol. The lowest BCUT2D eigenvalue weighted by atomic mass is 10.1. The van der Waals surface area contributed by atoms with Crippen molar-refractivity contribution in [1.29, 1.82) is 0 Å². The molecule has 0 unspecified atom stereocenters. The summed E-state index contributed by atoms with van der Waals surface area (Å²) in [5.74, 6) is 0.696. The van der Waals surface area contributed by atoms with Gasteiger partial charge in [-0.05, 0) is 42.9 Å². The zero-order valence-corrected chi connectivity index (χ0v) is 14.2. The smallest absolute Gasteiger partial charge is 0.216 e. The fraction of sp³-hybridized carbons (Fsp3) is 0.0625. The van der Waals surface area contributed by atoms with Gasteiger partial charge in [0.2, 0.25) is 4.77 Å². The molecule has 6 heteroatoms. The standard InChI is InChI=1S/C16H13BrN4S/c1-11-3-2-4-13(9-11)15-19-20-16(22)21(15)18-10-12-5-7-14(17)8-6-12/h2-10H,1H3,(H,20,22). The average molecular weight is 373 g/mol. The number of aromatic nitrogens is 3. The summed E-state index contributed by atoms with van der Waals surface area (Å²) in [6, 6.07) is 16.0. The predicted molar refractivity (Wildman–Crippen MR) is 94.7 cm³/mol. The van der Waals surface area contributed by atoms with E-state index in [1.807, 2.05) is 49.4 Å². The van der Waals surface area contributed by atoms with E-state index in [2.05, 4.69) is 37.3 Å². The van der Waals surface area contributed by atoms with Gasteiger partial charge in [0.15, 0.2) is 5.82 Å². The molecule has 0 spiro atoms. The van der Waals surface area contributed by atoms with Gasteiger partial charge >= 0.3 is 0 Å². The first kappa shape index (κ1) is 14.9. The molecule has 110 valence electrons. The molecule has 0 amide bonds. The van der Waals surface area contributed by atoms with E-state index in [-0.39, 0.29) is 0 Å². The summed E-state index contributed by atoms with van der Waals surface area (Å²) in [7, 11) is 0. The van der Waals surface area contributed by atoms with E-state index >= 15 is 0 Å². The normalized spacial score (nSPS) is 11.2. The molecule has 0 aliphatic carbocycles. The van der Waals surface area contributed by atoms with Crippen LogP contribution in [0.5, 0.6) is 0 Å². The third kappa shape index (κ3) is 3.23. The van der Waals surface area contributed by atoms with Crippen LogP contribution in [0.4, 0.5) is 0 Å². The number of hydrogen-bond donors (Lipinski definition) is 1. The summed E-state index contributed by atoms with van der Waals surface area (Å²) < 4.78 is 3.13. The van der Waals surface area contributed by atoms with Crippen molar-refractivity contribution in [3.63, 3.8) is 0 Å². The van der Waals surface area contributed by atoms with Crippen molar-refractivity contribution in [3.8, 4) is 11.4 Å². The van der Waals surface area contributed by atoms with Gasteiger partial charge in [-0.25, -0.2) is 5.10 Å². The quantitative estimate of drug-likeness (QED) is 0.540. The second kappa shape index (κ2) is 6.37. The molecule has 0 bridgehead atoms. The van der Waals surface area contributed by atoms with Gasteiger partial charge in [-0.15, -0.1) is 0 Å². The maximum absolute atomic E-state index is 5.27. The lowest BCUT2D eigenvalue weighted by Crippen LogP contribution is -1.95. The van der Waals surface area contributed by atoms with Crippen LogP contribution in [0.25, 0.3) is 11.4 Å². The Kier molecular flexibility index (Phi) is 4.31. The number of nitrogens with zero attached hydrogens (tertiary/aromatic N) is 3. The maximum Gasteiger partial charge on any atom is 0.216 e. The highest BCUT2D eigenvalue weighted by Crippen LogP contribution is 2.18. The molecule has 22 heavy (non-hydrogen) atoms. The van der Waals surface area contributed by atoms with E-state index in [0.717, 1.165) is 21.2 Å². The molecule has 0 saturated carbocycles.